The maximum atomic E-state index is 13.6. The molecule has 0 saturated heterocycles. The predicted molar refractivity (Wildman–Crippen MR) is 95.0 cm³/mol. The minimum Gasteiger partial charge on any atom is -0.397 e. The van der Waals surface area contributed by atoms with Crippen LogP contribution in [0.25, 0.3) is 10.2 Å². The van der Waals surface area contributed by atoms with Crippen molar-refractivity contribution in [1.82, 2.24) is 9.88 Å². The van der Waals surface area contributed by atoms with E-state index in [4.69, 9.17) is 5.73 Å². The first-order chi connectivity index (χ1) is 11.4. The first-order valence-corrected chi connectivity index (χ1v) is 8.83. The number of halogens is 3. The van der Waals surface area contributed by atoms with Crippen LogP contribution in [0.15, 0.2) is 6.07 Å². The number of aromatic nitrogens is 1. The predicted octanol–water partition coefficient (Wildman–Crippen LogP) is 4.68. The van der Waals surface area contributed by atoms with E-state index in [-0.39, 0.29) is 26.7 Å². The van der Waals surface area contributed by atoms with Gasteiger partial charge in [0.15, 0.2) is 0 Å². The lowest BCUT2D eigenvalue weighted by atomic mass is 9.90. The molecule has 8 heteroatoms. The zero-order chi connectivity index (χ0) is 19.2. The van der Waals surface area contributed by atoms with Crippen LogP contribution in [0.2, 0.25) is 0 Å². The summed E-state index contributed by atoms with van der Waals surface area (Å²) in [5, 5.41) is -0.180. The number of nitrogens with two attached hydrogens (primary N) is 1. The summed E-state index contributed by atoms with van der Waals surface area (Å²) in [7, 11) is 0. The molecule has 0 aliphatic heterocycles. The fraction of sp³-hybridized carbons (Fsp3) is 0.529. The highest BCUT2D eigenvalue weighted by atomic mass is 32.1. The third-order valence-corrected chi connectivity index (χ3v) is 5.11. The second-order valence-electron chi connectivity index (χ2n) is 6.81. The molecule has 4 nitrogen and oxygen atoms in total. The molecular formula is C17H22F3N3OS. The molecule has 2 aromatic heterocycles. The smallest absolute Gasteiger partial charge is 0.397 e. The number of pyridine rings is 1. The van der Waals surface area contributed by atoms with E-state index in [9.17, 15) is 18.0 Å². The fourth-order valence-electron chi connectivity index (χ4n) is 2.54. The summed E-state index contributed by atoms with van der Waals surface area (Å²) in [6.07, 6.45) is -4.58. The van der Waals surface area contributed by atoms with Gasteiger partial charge in [-0.3, -0.25) is 4.79 Å². The quantitative estimate of drug-likeness (QED) is 0.850. The van der Waals surface area contributed by atoms with Crippen LogP contribution in [0.4, 0.5) is 18.9 Å². The summed E-state index contributed by atoms with van der Waals surface area (Å²) in [5.41, 5.74) is 4.74. The van der Waals surface area contributed by atoms with Crippen LogP contribution in [-0.4, -0.2) is 28.9 Å². The van der Waals surface area contributed by atoms with E-state index < -0.39 is 17.2 Å². The first-order valence-electron chi connectivity index (χ1n) is 8.01. The third-order valence-electron chi connectivity index (χ3n) is 4.02. The number of thiophene rings is 1. The lowest BCUT2D eigenvalue weighted by molar-refractivity contribution is -0.136. The van der Waals surface area contributed by atoms with Gasteiger partial charge in [0.1, 0.15) is 9.71 Å². The molecular weight excluding hydrogens is 351 g/mol. The number of amides is 1. The third kappa shape index (κ3) is 3.58. The van der Waals surface area contributed by atoms with E-state index in [0.717, 1.165) is 17.4 Å². The van der Waals surface area contributed by atoms with Crippen LogP contribution >= 0.6 is 11.3 Å². The van der Waals surface area contributed by atoms with Crippen molar-refractivity contribution in [2.75, 3.05) is 18.8 Å². The Morgan fingerprint density at radius 1 is 1.24 bits per heavy atom. The van der Waals surface area contributed by atoms with Gasteiger partial charge in [-0.15, -0.1) is 11.3 Å². The molecule has 2 rings (SSSR count). The van der Waals surface area contributed by atoms with Gasteiger partial charge in [-0.05, 0) is 19.9 Å². The molecule has 1 amide bonds. The molecule has 0 radical (unpaired) electrons. The van der Waals surface area contributed by atoms with Gasteiger partial charge in [0.05, 0.1) is 11.3 Å². The van der Waals surface area contributed by atoms with Gasteiger partial charge < -0.3 is 10.6 Å². The van der Waals surface area contributed by atoms with Crippen LogP contribution < -0.4 is 5.73 Å². The van der Waals surface area contributed by atoms with E-state index in [1.165, 1.54) is 4.90 Å². The van der Waals surface area contributed by atoms with Crippen LogP contribution in [0.1, 0.15) is 55.5 Å². The molecule has 0 aliphatic rings. The van der Waals surface area contributed by atoms with Gasteiger partial charge in [0.25, 0.3) is 5.91 Å². The van der Waals surface area contributed by atoms with Crippen LogP contribution in [0.5, 0.6) is 0 Å². The van der Waals surface area contributed by atoms with Crippen molar-refractivity contribution >= 4 is 33.1 Å². The molecule has 0 bridgehead atoms. The number of hydrogen-bond acceptors (Lipinski definition) is 4. The molecule has 0 fully saturated rings. The number of carbonyl (C=O) groups excluding carboxylic acids is 1. The zero-order valence-electron chi connectivity index (χ0n) is 14.9. The van der Waals surface area contributed by atoms with E-state index in [0.29, 0.717) is 18.8 Å². The van der Waals surface area contributed by atoms with Gasteiger partial charge in [0.2, 0.25) is 0 Å². The number of alkyl halides is 3. The monoisotopic (exact) mass is 373 g/mol. The van der Waals surface area contributed by atoms with Gasteiger partial charge in [-0.1, -0.05) is 20.8 Å². The molecule has 2 N–H and O–H groups in total. The average Bonchev–Trinajstić information content (AvgIpc) is 2.83. The van der Waals surface area contributed by atoms with Crippen molar-refractivity contribution in [3.05, 3.63) is 22.2 Å². The number of carbonyl (C=O) groups is 1. The van der Waals surface area contributed by atoms with Gasteiger partial charge in [0, 0.05) is 29.6 Å². The Balaban J connectivity index is 2.80. The summed E-state index contributed by atoms with van der Waals surface area (Å²) in [6, 6.07) is 1.04. The topological polar surface area (TPSA) is 59.2 Å². The second kappa shape index (κ2) is 6.48. The molecule has 0 aromatic carbocycles. The van der Waals surface area contributed by atoms with Crippen LogP contribution in [-0.2, 0) is 11.6 Å². The lowest BCUT2D eigenvalue weighted by Gasteiger charge is -2.20. The van der Waals surface area contributed by atoms with Gasteiger partial charge in [-0.25, -0.2) is 4.98 Å². The maximum absolute atomic E-state index is 13.6. The summed E-state index contributed by atoms with van der Waals surface area (Å²) >= 11 is 0.924. The molecule has 25 heavy (non-hydrogen) atoms. The minimum atomic E-state index is -4.58. The fourth-order valence-corrected chi connectivity index (χ4v) is 3.63. The molecule has 2 heterocycles. The average molecular weight is 373 g/mol. The van der Waals surface area contributed by atoms with E-state index in [1.807, 2.05) is 13.8 Å². The first kappa shape index (κ1) is 19.5. The number of nitrogen functional groups attached to an aromatic ring is 1. The van der Waals surface area contributed by atoms with Gasteiger partial charge >= 0.3 is 6.18 Å². The van der Waals surface area contributed by atoms with Crippen molar-refractivity contribution in [2.45, 2.75) is 46.2 Å². The largest absolute Gasteiger partial charge is 0.417 e. The van der Waals surface area contributed by atoms with Crippen molar-refractivity contribution < 1.29 is 18.0 Å². The number of anilines is 1. The Hall–Kier alpha value is -1.83. The Morgan fingerprint density at radius 2 is 1.80 bits per heavy atom. The summed E-state index contributed by atoms with van der Waals surface area (Å²) in [6.45, 7) is 9.90. The van der Waals surface area contributed by atoms with E-state index in [2.05, 4.69) is 4.98 Å². The lowest BCUT2D eigenvalue weighted by Crippen LogP contribution is -2.30. The molecule has 138 valence electrons. The molecule has 0 aliphatic carbocycles. The highest BCUT2D eigenvalue weighted by molar-refractivity contribution is 7.21. The number of fused-ring (bicyclic) bond motifs is 1. The molecule has 0 unspecified atom stereocenters. The highest BCUT2D eigenvalue weighted by Crippen LogP contribution is 2.43. The molecule has 0 saturated carbocycles. The van der Waals surface area contributed by atoms with Crippen molar-refractivity contribution in [3.8, 4) is 0 Å². The second-order valence-corrected chi connectivity index (χ2v) is 7.80. The van der Waals surface area contributed by atoms with Gasteiger partial charge in [-0.2, -0.15) is 13.2 Å². The summed E-state index contributed by atoms with van der Waals surface area (Å²) in [5.74, 6) is -0.365. The SMILES string of the molecule is CCN(CC)C(=O)c1sc2nc(C(C)(C)C)cc(C(F)(F)F)c2c1N. The number of hydrogen-bond donors (Lipinski definition) is 1. The molecule has 0 spiro atoms. The number of rotatable bonds is 3. The van der Waals surface area contributed by atoms with Crippen LogP contribution in [0, 0.1) is 0 Å². The molecule has 2 aromatic rings. The van der Waals surface area contributed by atoms with E-state index >= 15 is 0 Å². The normalized spacial score (nSPS) is 12.6. The Morgan fingerprint density at radius 3 is 2.24 bits per heavy atom. The molecule has 0 atom stereocenters. The van der Waals surface area contributed by atoms with Crippen molar-refractivity contribution in [3.63, 3.8) is 0 Å². The van der Waals surface area contributed by atoms with Crippen molar-refractivity contribution in [1.29, 1.82) is 0 Å². The van der Waals surface area contributed by atoms with Crippen LogP contribution in [0.3, 0.4) is 0 Å². The zero-order valence-corrected chi connectivity index (χ0v) is 15.7. The van der Waals surface area contributed by atoms with E-state index in [1.54, 1.807) is 20.8 Å². The Labute approximate surface area is 148 Å². The maximum Gasteiger partial charge on any atom is 0.417 e. The summed E-state index contributed by atoms with van der Waals surface area (Å²) < 4.78 is 40.8. The number of nitrogens with zero attached hydrogens (tertiary/aromatic N) is 2. The highest BCUT2D eigenvalue weighted by Gasteiger charge is 2.37. The minimum absolute atomic E-state index is 0.114. The standard InChI is InChI=1S/C17H22F3N3OS/c1-6-23(7-2)15(24)13-12(21)11-9(17(18,19)20)8-10(16(3,4)5)22-14(11)25-13/h8H,6-7,21H2,1-5H3. The Bertz CT molecular complexity index is 802. The van der Waals surface area contributed by atoms with Crippen molar-refractivity contribution in [2.24, 2.45) is 0 Å². The summed E-state index contributed by atoms with van der Waals surface area (Å²) in [4.78, 5) is 18.7. The Kier molecular flexibility index (Phi) is 5.05.